The van der Waals surface area contributed by atoms with Gasteiger partial charge in [0, 0.05) is 18.2 Å². The molecule has 0 aliphatic heterocycles. The molecule has 1 atom stereocenters. The molecule has 0 aliphatic carbocycles. The molecule has 0 saturated heterocycles. The molecular formula is C7H9Cl2N3. The van der Waals surface area contributed by atoms with Crippen LogP contribution in [0.5, 0.6) is 0 Å². The third-order valence-electron chi connectivity index (χ3n) is 0.929. The third kappa shape index (κ3) is 2.29. The molecule has 0 radical (unpaired) electrons. The van der Waals surface area contributed by atoms with Crippen molar-refractivity contribution < 1.29 is 12.3 Å². The standard InChI is InChI=1S/C7H9Cl2N3/c1-3-4(2)5-10-6(8)12-7(9)11-5/h4H,3H2,1-2H3/i1D3,2D3,3D2,4D. The van der Waals surface area contributed by atoms with Crippen molar-refractivity contribution >= 4 is 23.2 Å². The van der Waals surface area contributed by atoms with Crippen molar-refractivity contribution in [1.29, 1.82) is 0 Å². The van der Waals surface area contributed by atoms with E-state index in [1.165, 1.54) is 0 Å². The highest BCUT2D eigenvalue weighted by Crippen LogP contribution is 2.16. The molecule has 0 fully saturated rings. The average molecular weight is 215 g/mol. The van der Waals surface area contributed by atoms with Gasteiger partial charge in [-0.25, -0.2) is 9.97 Å². The Labute approximate surface area is 93.8 Å². The van der Waals surface area contributed by atoms with Gasteiger partial charge in [0.05, 0.1) is 0 Å². The van der Waals surface area contributed by atoms with Gasteiger partial charge in [-0.15, -0.1) is 0 Å². The Bertz CT molecular complexity index is 523. The van der Waals surface area contributed by atoms with E-state index in [2.05, 4.69) is 15.0 Å². The molecule has 1 aromatic rings. The Kier molecular flexibility index (Phi) is 1.02. The van der Waals surface area contributed by atoms with E-state index in [1.54, 1.807) is 0 Å². The molecule has 1 aromatic heterocycles. The minimum absolute atomic E-state index is 0.577. The lowest BCUT2D eigenvalue weighted by Gasteiger charge is -2.05. The van der Waals surface area contributed by atoms with Crippen LogP contribution in [0.25, 0.3) is 0 Å². The van der Waals surface area contributed by atoms with Crippen LogP contribution >= 0.6 is 23.2 Å². The van der Waals surface area contributed by atoms with Gasteiger partial charge in [0.25, 0.3) is 0 Å². The van der Waals surface area contributed by atoms with Crippen LogP contribution in [0.1, 0.15) is 44.1 Å². The van der Waals surface area contributed by atoms with E-state index >= 15 is 0 Å². The van der Waals surface area contributed by atoms with Gasteiger partial charge in [0.1, 0.15) is 5.82 Å². The normalized spacial score (nSPS) is 30.0. The van der Waals surface area contributed by atoms with E-state index in [1.807, 2.05) is 0 Å². The zero-order valence-electron chi connectivity index (χ0n) is 14.6. The molecule has 1 unspecified atom stereocenters. The molecule has 0 bridgehead atoms. The predicted octanol–water partition coefficient (Wildman–Crippen LogP) is 2.69. The molecular weight excluding hydrogens is 197 g/mol. The lowest BCUT2D eigenvalue weighted by Crippen LogP contribution is -2.01. The molecule has 3 nitrogen and oxygen atoms in total. The second-order valence-electron chi connectivity index (χ2n) is 1.70. The molecule has 0 aliphatic rings. The molecule has 66 valence electrons. The Morgan fingerprint density at radius 3 is 2.67 bits per heavy atom. The van der Waals surface area contributed by atoms with E-state index in [-0.39, 0.29) is 0 Å². The highest BCUT2D eigenvalue weighted by Gasteiger charge is 2.08. The summed E-state index contributed by atoms with van der Waals surface area (Å²) in [6.07, 6.45) is -3.50. The van der Waals surface area contributed by atoms with Gasteiger partial charge in [0.15, 0.2) is 0 Å². The van der Waals surface area contributed by atoms with Gasteiger partial charge in [-0.2, -0.15) is 4.98 Å². The van der Waals surface area contributed by atoms with Crippen LogP contribution in [-0.2, 0) is 0 Å². The van der Waals surface area contributed by atoms with Crippen molar-refractivity contribution in [1.82, 2.24) is 15.0 Å². The molecule has 0 aromatic carbocycles. The van der Waals surface area contributed by atoms with Crippen LogP contribution < -0.4 is 0 Å². The van der Waals surface area contributed by atoms with Crippen LogP contribution in [0.15, 0.2) is 0 Å². The maximum absolute atomic E-state index is 8.00. The van der Waals surface area contributed by atoms with Crippen molar-refractivity contribution in [3.63, 3.8) is 0 Å². The molecule has 1 heterocycles. The van der Waals surface area contributed by atoms with Crippen molar-refractivity contribution in [2.45, 2.75) is 26.0 Å². The minimum atomic E-state index is -3.50. The fourth-order valence-electron chi connectivity index (χ4n) is 0.494. The molecule has 0 N–H and O–H groups in total. The quantitative estimate of drug-likeness (QED) is 0.761. The van der Waals surface area contributed by atoms with Gasteiger partial charge in [-0.05, 0) is 29.6 Å². The summed E-state index contributed by atoms with van der Waals surface area (Å²) in [5, 5.41) is -1.15. The Morgan fingerprint density at radius 2 is 2.17 bits per heavy atom. The average Bonchev–Trinajstić information content (AvgIpc) is 2.22. The van der Waals surface area contributed by atoms with E-state index in [0.29, 0.717) is 0 Å². The SMILES string of the molecule is [2H]C([2H])([2H])C([2H])([2H])C([2H])(c1nc(Cl)nc(Cl)n1)C([2H])([2H])[2H]. The van der Waals surface area contributed by atoms with E-state index in [9.17, 15) is 0 Å². The van der Waals surface area contributed by atoms with Crippen LogP contribution in [0.4, 0.5) is 0 Å². The lowest BCUT2D eigenvalue weighted by atomic mass is 10.1. The first-order valence-corrected chi connectivity index (χ1v) is 3.48. The smallest absolute Gasteiger partial charge is 0.202 e. The third-order valence-corrected chi connectivity index (χ3v) is 1.27. The van der Waals surface area contributed by atoms with Crippen LogP contribution in [-0.4, -0.2) is 15.0 Å². The number of aromatic nitrogens is 3. The van der Waals surface area contributed by atoms with Gasteiger partial charge >= 0.3 is 0 Å². The summed E-state index contributed by atoms with van der Waals surface area (Å²) >= 11 is 11.0. The summed E-state index contributed by atoms with van der Waals surface area (Å²) in [6.45, 7) is -6.83. The first-order chi connectivity index (χ1) is 9.14. The summed E-state index contributed by atoms with van der Waals surface area (Å²) in [7, 11) is 0. The number of nitrogens with zero attached hydrogens (tertiary/aromatic N) is 3. The summed E-state index contributed by atoms with van der Waals surface area (Å²) in [6, 6.07) is 0. The fourth-order valence-corrected chi connectivity index (χ4v) is 0.857. The van der Waals surface area contributed by atoms with Crippen LogP contribution in [0.2, 0.25) is 10.6 Å². The minimum Gasteiger partial charge on any atom is -0.202 e. The number of halogens is 2. The number of hydrogen-bond acceptors (Lipinski definition) is 3. The topological polar surface area (TPSA) is 38.7 Å². The number of hydrogen-bond donors (Lipinski definition) is 0. The van der Waals surface area contributed by atoms with Gasteiger partial charge < -0.3 is 0 Å². The fraction of sp³-hybridized carbons (Fsp3) is 0.571. The van der Waals surface area contributed by atoms with E-state index < -0.39 is 42.4 Å². The maximum atomic E-state index is 8.00. The highest BCUT2D eigenvalue weighted by atomic mass is 35.5. The first-order valence-electron chi connectivity index (χ1n) is 7.22. The zero-order chi connectivity index (χ0) is 16.9. The van der Waals surface area contributed by atoms with Crippen molar-refractivity contribution in [2.75, 3.05) is 0 Å². The second-order valence-corrected chi connectivity index (χ2v) is 2.37. The lowest BCUT2D eigenvalue weighted by molar-refractivity contribution is 0.671. The highest BCUT2D eigenvalue weighted by molar-refractivity contribution is 6.30. The zero-order valence-corrected chi connectivity index (χ0v) is 7.11. The summed E-state index contributed by atoms with van der Waals surface area (Å²) < 4.78 is 66.9. The van der Waals surface area contributed by atoms with Crippen LogP contribution in [0, 0.1) is 0 Å². The molecule has 0 saturated carbocycles. The van der Waals surface area contributed by atoms with E-state index in [4.69, 9.17) is 35.5 Å². The monoisotopic (exact) mass is 214 g/mol. The largest absolute Gasteiger partial charge is 0.226 e. The summed E-state index contributed by atoms with van der Waals surface area (Å²) in [4.78, 5) is 10.1. The number of rotatable bonds is 2. The first kappa shape index (κ1) is 3.07. The Morgan fingerprint density at radius 1 is 1.50 bits per heavy atom. The van der Waals surface area contributed by atoms with Gasteiger partial charge in [-0.3, -0.25) is 0 Å². The molecule has 12 heavy (non-hydrogen) atoms. The van der Waals surface area contributed by atoms with Crippen molar-refractivity contribution in [2.24, 2.45) is 0 Å². The second kappa shape index (κ2) is 4.01. The summed E-state index contributed by atoms with van der Waals surface area (Å²) in [5.74, 6) is -4.30. The molecule has 1 rings (SSSR count). The Hall–Kier alpha value is -0.410. The van der Waals surface area contributed by atoms with E-state index in [0.717, 1.165) is 0 Å². The molecule has 5 heteroatoms. The predicted molar refractivity (Wildman–Crippen MR) is 48.6 cm³/mol. The van der Waals surface area contributed by atoms with Crippen molar-refractivity contribution in [3.8, 4) is 0 Å². The van der Waals surface area contributed by atoms with Crippen molar-refractivity contribution in [3.05, 3.63) is 16.4 Å². The molecule has 0 amide bonds. The van der Waals surface area contributed by atoms with Gasteiger partial charge in [-0.1, -0.05) is 13.7 Å². The summed E-state index contributed by atoms with van der Waals surface area (Å²) in [5.41, 5.74) is 0. The maximum Gasteiger partial charge on any atom is 0.226 e. The Balaban J connectivity index is 3.71. The van der Waals surface area contributed by atoms with Gasteiger partial charge in [0.2, 0.25) is 10.6 Å². The molecule has 0 spiro atoms. The van der Waals surface area contributed by atoms with Crippen LogP contribution in [0.3, 0.4) is 0 Å².